The molecule has 1 aromatic heterocycles. The van der Waals surface area contributed by atoms with Crippen LogP contribution in [0.2, 0.25) is 0 Å². The summed E-state index contributed by atoms with van der Waals surface area (Å²) >= 11 is 0. The number of likely N-dealkylation sites (tertiary alicyclic amines) is 1. The molecular weight excluding hydrogens is 262 g/mol. The minimum Gasteiger partial charge on any atom is -0.338 e. The Morgan fingerprint density at radius 3 is 3.05 bits per heavy atom. The number of fused-ring (bicyclic) bond motifs is 1. The molecule has 1 aliphatic heterocycles. The van der Waals surface area contributed by atoms with Gasteiger partial charge in [0.1, 0.15) is 5.82 Å². The number of hydrogen-bond donors (Lipinski definition) is 0. The third-order valence-corrected chi connectivity index (χ3v) is 3.86. The van der Waals surface area contributed by atoms with Crippen molar-refractivity contribution in [3.63, 3.8) is 0 Å². The molecule has 0 bridgehead atoms. The van der Waals surface area contributed by atoms with Gasteiger partial charge in [-0.05, 0) is 12.1 Å². The molecule has 0 spiro atoms. The number of carbonyl (C=O) groups excluding carboxylic acids is 1. The van der Waals surface area contributed by atoms with Crippen LogP contribution < -0.4 is 0 Å². The summed E-state index contributed by atoms with van der Waals surface area (Å²) in [7, 11) is 0. The lowest BCUT2D eigenvalue weighted by Crippen LogP contribution is -2.25. The number of terminal acetylenes is 1. The van der Waals surface area contributed by atoms with Crippen molar-refractivity contribution in [3.8, 4) is 12.3 Å². The van der Waals surface area contributed by atoms with Crippen LogP contribution in [0.25, 0.3) is 11.0 Å². The molecule has 0 saturated carbocycles. The lowest BCUT2D eigenvalue weighted by molar-refractivity contribution is -0.127. The largest absolute Gasteiger partial charge is 0.338 e. The third kappa shape index (κ3) is 2.31. The van der Waals surface area contributed by atoms with Gasteiger partial charge in [0.2, 0.25) is 5.91 Å². The van der Waals surface area contributed by atoms with E-state index in [2.05, 4.69) is 12.5 Å². The first-order valence-electron chi connectivity index (χ1n) is 7.02. The van der Waals surface area contributed by atoms with E-state index in [1.54, 1.807) is 6.08 Å². The van der Waals surface area contributed by atoms with Crippen LogP contribution in [-0.4, -0.2) is 33.4 Å². The Morgan fingerprint density at radius 2 is 2.29 bits per heavy atom. The first-order chi connectivity index (χ1) is 10.2. The molecule has 106 valence electrons. The monoisotopic (exact) mass is 279 g/mol. The summed E-state index contributed by atoms with van der Waals surface area (Å²) in [5.74, 6) is 3.84. The van der Waals surface area contributed by atoms with Crippen LogP contribution in [0.1, 0.15) is 18.2 Å². The summed E-state index contributed by atoms with van der Waals surface area (Å²) in [5.41, 5.74) is 1.96. The fourth-order valence-electron chi connectivity index (χ4n) is 2.94. The van der Waals surface area contributed by atoms with Crippen molar-refractivity contribution in [1.82, 2.24) is 14.5 Å². The smallest absolute Gasteiger partial charge is 0.223 e. The maximum Gasteiger partial charge on any atom is 0.223 e. The van der Waals surface area contributed by atoms with Gasteiger partial charge in [0.15, 0.2) is 0 Å². The van der Waals surface area contributed by atoms with Crippen LogP contribution in [0.5, 0.6) is 0 Å². The maximum atomic E-state index is 12.0. The van der Waals surface area contributed by atoms with E-state index in [9.17, 15) is 4.79 Å². The van der Waals surface area contributed by atoms with Crippen LogP contribution in [0, 0.1) is 12.3 Å². The Balaban J connectivity index is 2.01. The normalized spacial score (nSPS) is 18.1. The number of amides is 1. The summed E-state index contributed by atoms with van der Waals surface area (Å²) in [6, 6.07) is 7.93. The van der Waals surface area contributed by atoms with E-state index in [0.717, 1.165) is 16.9 Å². The van der Waals surface area contributed by atoms with Gasteiger partial charge < -0.3 is 9.47 Å². The molecular formula is C17H17N3O. The minimum atomic E-state index is 0.0956. The van der Waals surface area contributed by atoms with Gasteiger partial charge in [-0.1, -0.05) is 24.1 Å². The molecule has 3 rings (SSSR count). The number of hydrogen-bond acceptors (Lipinski definition) is 2. The van der Waals surface area contributed by atoms with Crippen molar-refractivity contribution in [2.45, 2.75) is 18.9 Å². The third-order valence-electron chi connectivity index (χ3n) is 3.86. The highest BCUT2D eigenvalue weighted by molar-refractivity contribution is 5.81. The van der Waals surface area contributed by atoms with Crippen molar-refractivity contribution in [2.75, 3.05) is 13.1 Å². The van der Waals surface area contributed by atoms with Crippen molar-refractivity contribution in [2.24, 2.45) is 0 Å². The van der Waals surface area contributed by atoms with Crippen LogP contribution in [0.3, 0.4) is 0 Å². The quantitative estimate of drug-likeness (QED) is 0.635. The molecule has 0 radical (unpaired) electrons. The highest BCUT2D eigenvalue weighted by Crippen LogP contribution is 2.30. The van der Waals surface area contributed by atoms with Crippen LogP contribution in [0.15, 0.2) is 36.9 Å². The molecule has 1 saturated heterocycles. The van der Waals surface area contributed by atoms with E-state index in [4.69, 9.17) is 11.4 Å². The minimum absolute atomic E-state index is 0.0956. The number of benzene rings is 1. The first-order valence-corrected chi connectivity index (χ1v) is 7.02. The molecule has 1 atom stereocenters. The Bertz CT molecular complexity index is 738. The zero-order valence-corrected chi connectivity index (χ0v) is 11.8. The van der Waals surface area contributed by atoms with E-state index >= 15 is 0 Å². The molecule has 1 fully saturated rings. The van der Waals surface area contributed by atoms with E-state index in [0.29, 0.717) is 26.1 Å². The SMILES string of the molecule is C#CCn1c(C2CC(=O)N(CC=C)C2)nc2ccccc21. The zero-order chi connectivity index (χ0) is 14.8. The molecule has 0 N–H and O–H groups in total. The van der Waals surface area contributed by atoms with Gasteiger partial charge in [-0.2, -0.15) is 0 Å². The Labute approximate surface area is 124 Å². The predicted octanol–water partition coefficient (Wildman–Crippen LogP) is 2.17. The molecule has 2 aromatic rings. The summed E-state index contributed by atoms with van der Waals surface area (Å²) in [6.45, 7) is 5.44. The van der Waals surface area contributed by atoms with Gasteiger partial charge >= 0.3 is 0 Å². The molecule has 4 nitrogen and oxygen atoms in total. The van der Waals surface area contributed by atoms with Gasteiger partial charge in [0.25, 0.3) is 0 Å². The van der Waals surface area contributed by atoms with E-state index in [1.165, 1.54) is 0 Å². The van der Waals surface area contributed by atoms with Crippen LogP contribution in [-0.2, 0) is 11.3 Å². The fourth-order valence-corrected chi connectivity index (χ4v) is 2.94. The van der Waals surface area contributed by atoms with E-state index in [1.807, 2.05) is 33.7 Å². The van der Waals surface area contributed by atoms with Gasteiger partial charge in [0.05, 0.1) is 17.6 Å². The average molecular weight is 279 g/mol. The van der Waals surface area contributed by atoms with Crippen molar-refractivity contribution < 1.29 is 4.79 Å². The summed E-state index contributed by atoms with van der Waals surface area (Å²) in [4.78, 5) is 18.6. The highest BCUT2D eigenvalue weighted by Gasteiger charge is 2.33. The standard InChI is InChI=1S/C17H17N3O/c1-3-9-19-12-13(11-16(19)21)17-18-14-7-5-6-8-15(14)20(17)10-4-2/h2-3,5-8,13H,1,9-12H2. The van der Waals surface area contributed by atoms with Crippen LogP contribution >= 0.6 is 0 Å². The summed E-state index contributed by atoms with van der Waals surface area (Å²) < 4.78 is 2.05. The van der Waals surface area contributed by atoms with Crippen molar-refractivity contribution in [3.05, 3.63) is 42.7 Å². The predicted molar refractivity (Wildman–Crippen MR) is 82.7 cm³/mol. The molecule has 1 aliphatic rings. The fraction of sp³-hybridized carbons (Fsp3) is 0.294. The maximum absolute atomic E-state index is 12.0. The van der Waals surface area contributed by atoms with Gasteiger partial charge in [0, 0.05) is 25.4 Å². The lowest BCUT2D eigenvalue weighted by Gasteiger charge is -2.14. The molecule has 1 amide bonds. The van der Waals surface area contributed by atoms with E-state index in [-0.39, 0.29) is 11.8 Å². The van der Waals surface area contributed by atoms with Crippen LogP contribution in [0.4, 0.5) is 0 Å². The molecule has 0 aliphatic carbocycles. The number of aromatic nitrogens is 2. The lowest BCUT2D eigenvalue weighted by atomic mass is 10.1. The van der Waals surface area contributed by atoms with E-state index < -0.39 is 0 Å². The second-order valence-electron chi connectivity index (χ2n) is 5.24. The number of nitrogens with zero attached hydrogens (tertiary/aromatic N) is 3. The first kappa shape index (κ1) is 13.4. The molecule has 4 heteroatoms. The molecule has 1 aromatic carbocycles. The molecule has 2 heterocycles. The highest BCUT2D eigenvalue weighted by atomic mass is 16.2. The van der Waals surface area contributed by atoms with Crippen molar-refractivity contribution in [1.29, 1.82) is 0 Å². The Morgan fingerprint density at radius 1 is 1.48 bits per heavy atom. The Kier molecular flexibility index (Phi) is 3.49. The second-order valence-corrected chi connectivity index (χ2v) is 5.24. The van der Waals surface area contributed by atoms with Gasteiger partial charge in [-0.3, -0.25) is 4.79 Å². The van der Waals surface area contributed by atoms with Gasteiger partial charge in [-0.25, -0.2) is 4.98 Å². The van der Waals surface area contributed by atoms with Gasteiger partial charge in [-0.15, -0.1) is 13.0 Å². The number of para-hydroxylation sites is 2. The molecule has 1 unspecified atom stereocenters. The summed E-state index contributed by atoms with van der Waals surface area (Å²) in [6.07, 6.45) is 7.73. The van der Waals surface area contributed by atoms with Crippen molar-refractivity contribution >= 4 is 16.9 Å². The zero-order valence-electron chi connectivity index (χ0n) is 11.8. The summed E-state index contributed by atoms with van der Waals surface area (Å²) in [5, 5.41) is 0. The Hall–Kier alpha value is -2.54. The topological polar surface area (TPSA) is 38.1 Å². The number of carbonyl (C=O) groups is 1. The average Bonchev–Trinajstić information content (AvgIpc) is 3.02. The number of imidazole rings is 1. The number of rotatable bonds is 4. The second kappa shape index (κ2) is 5.45. The molecule has 21 heavy (non-hydrogen) atoms.